The van der Waals surface area contributed by atoms with Crippen LogP contribution in [0.5, 0.6) is 0 Å². The number of nitrogens with one attached hydrogen (secondary N) is 2. The number of aromatic amines is 1. The number of hydrogen-bond donors (Lipinski definition) is 2. The normalized spacial score (nSPS) is 12.2. The van der Waals surface area contributed by atoms with Crippen molar-refractivity contribution in [2.45, 2.75) is 13.0 Å². The number of carbonyl (C=O) groups excluding carboxylic acids is 1. The zero-order chi connectivity index (χ0) is 17.2. The van der Waals surface area contributed by atoms with Crippen LogP contribution in [-0.4, -0.2) is 25.7 Å². The summed E-state index contributed by atoms with van der Waals surface area (Å²) in [4.78, 5) is 16.6. The average Bonchev–Trinajstić information content (AvgIpc) is 3.31. The average molecular weight is 331 g/mol. The first-order valence-electron chi connectivity index (χ1n) is 8.04. The zero-order valence-electron chi connectivity index (χ0n) is 13.7. The van der Waals surface area contributed by atoms with E-state index in [0.29, 0.717) is 5.69 Å². The van der Waals surface area contributed by atoms with E-state index in [1.807, 2.05) is 66.2 Å². The molecule has 0 aliphatic carbocycles. The first-order chi connectivity index (χ1) is 12.2. The molecular weight excluding hydrogens is 314 g/mol. The summed E-state index contributed by atoms with van der Waals surface area (Å²) in [5.41, 5.74) is 3.32. The monoisotopic (exact) mass is 331 g/mol. The molecule has 4 aromatic rings. The summed E-state index contributed by atoms with van der Waals surface area (Å²) in [6.45, 7) is 1.96. The van der Waals surface area contributed by atoms with Gasteiger partial charge in [0.15, 0.2) is 5.69 Å². The molecule has 0 fully saturated rings. The van der Waals surface area contributed by atoms with Crippen molar-refractivity contribution in [1.29, 1.82) is 0 Å². The highest BCUT2D eigenvalue weighted by molar-refractivity contribution is 6.04. The summed E-state index contributed by atoms with van der Waals surface area (Å²) < 4.78 is 1.93. The molecule has 0 unspecified atom stereocenters. The number of imidazole rings is 1. The van der Waals surface area contributed by atoms with E-state index in [4.69, 9.17) is 0 Å². The van der Waals surface area contributed by atoms with Crippen molar-refractivity contribution in [1.82, 2.24) is 25.1 Å². The van der Waals surface area contributed by atoms with Gasteiger partial charge in [-0.1, -0.05) is 30.3 Å². The third-order valence-electron chi connectivity index (χ3n) is 4.23. The van der Waals surface area contributed by atoms with Gasteiger partial charge in [-0.2, -0.15) is 5.10 Å². The topological polar surface area (TPSA) is 75.6 Å². The van der Waals surface area contributed by atoms with Gasteiger partial charge < -0.3 is 9.88 Å². The third kappa shape index (κ3) is 2.89. The maximum Gasteiger partial charge on any atom is 0.272 e. The quantitative estimate of drug-likeness (QED) is 0.603. The number of amides is 1. The van der Waals surface area contributed by atoms with E-state index in [1.165, 1.54) is 0 Å². The van der Waals surface area contributed by atoms with Crippen LogP contribution in [0.1, 0.15) is 29.0 Å². The lowest BCUT2D eigenvalue weighted by Gasteiger charge is -2.14. The highest BCUT2D eigenvalue weighted by Crippen LogP contribution is 2.18. The Morgan fingerprint density at radius 1 is 1.16 bits per heavy atom. The third-order valence-corrected chi connectivity index (χ3v) is 4.23. The van der Waals surface area contributed by atoms with Gasteiger partial charge in [0.2, 0.25) is 0 Å². The van der Waals surface area contributed by atoms with Crippen molar-refractivity contribution in [3.05, 3.63) is 78.5 Å². The number of fused-ring (bicyclic) bond motifs is 1. The first-order valence-corrected chi connectivity index (χ1v) is 8.04. The summed E-state index contributed by atoms with van der Waals surface area (Å²) in [6.07, 6.45) is 5.39. The van der Waals surface area contributed by atoms with Gasteiger partial charge in [0.25, 0.3) is 5.91 Å². The molecule has 0 spiro atoms. The summed E-state index contributed by atoms with van der Waals surface area (Å²) in [7, 11) is 0. The second-order valence-corrected chi connectivity index (χ2v) is 5.87. The molecule has 2 aromatic carbocycles. The minimum absolute atomic E-state index is 0.125. The molecule has 4 rings (SSSR count). The Balaban J connectivity index is 1.51. The largest absolute Gasteiger partial charge is 0.344 e. The van der Waals surface area contributed by atoms with E-state index in [9.17, 15) is 4.79 Å². The Morgan fingerprint density at radius 3 is 2.72 bits per heavy atom. The Hall–Kier alpha value is -3.41. The van der Waals surface area contributed by atoms with Crippen LogP contribution in [0.2, 0.25) is 0 Å². The SMILES string of the molecule is C[C@@H](NC(=O)c1n[nH]c2ccccc12)c1ccc(-n2ccnc2)cc1. The lowest BCUT2D eigenvalue weighted by atomic mass is 10.1. The predicted molar refractivity (Wildman–Crippen MR) is 95.5 cm³/mol. The maximum absolute atomic E-state index is 12.6. The molecule has 0 saturated heterocycles. The van der Waals surface area contributed by atoms with Gasteiger partial charge in [-0.25, -0.2) is 4.98 Å². The number of carbonyl (C=O) groups is 1. The number of hydrogen-bond acceptors (Lipinski definition) is 3. The fourth-order valence-corrected chi connectivity index (χ4v) is 2.83. The first kappa shape index (κ1) is 15.1. The molecule has 0 aliphatic rings. The highest BCUT2D eigenvalue weighted by atomic mass is 16.2. The van der Waals surface area contributed by atoms with Crippen LogP contribution in [0.4, 0.5) is 0 Å². The molecule has 0 saturated carbocycles. The standard InChI is InChI=1S/C19H17N5O/c1-13(14-6-8-15(9-7-14)24-11-10-20-12-24)21-19(25)18-16-4-2-3-5-17(16)22-23-18/h2-13H,1H3,(H,21,25)(H,22,23)/t13-/m1/s1. The Morgan fingerprint density at radius 2 is 1.96 bits per heavy atom. The molecule has 6 nitrogen and oxygen atoms in total. The van der Waals surface area contributed by atoms with Crippen molar-refractivity contribution in [2.24, 2.45) is 0 Å². The van der Waals surface area contributed by atoms with Gasteiger partial charge >= 0.3 is 0 Å². The molecule has 0 bridgehead atoms. The molecule has 6 heteroatoms. The number of benzene rings is 2. The van der Waals surface area contributed by atoms with Crippen LogP contribution in [0.3, 0.4) is 0 Å². The van der Waals surface area contributed by atoms with Gasteiger partial charge in [0.1, 0.15) is 0 Å². The minimum atomic E-state index is -0.191. The van der Waals surface area contributed by atoms with Gasteiger partial charge in [-0.3, -0.25) is 9.89 Å². The molecule has 1 amide bonds. The van der Waals surface area contributed by atoms with Crippen molar-refractivity contribution in [3.8, 4) is 5.69 Å². The van der Waals surface area contributed by atoms with Crippen LogP contribution in [0, 0.1) is 0 Å². The minimum Gasteiger partial charge on any atom is -0.344 e. The van der Waals surface area contributed by atoms with Crippen molar-refractivity contribution in [3.63, 3.8) is 0 Å². The summed E-state index contributed by atoms with van der Waals surface area (Å²) >= 11 is 0. The van der Waals surface area contributed by atoms with E-state index in [0.717, 1.165) is 22.2 Å². The lowest BCUT2D eigenvalue weighted by molar-refractivity contribution is 0.0936. The molecule has 1 atom stereocenters. The van der Waals surface area contributed by atoms with Crippen molar-refractivity contribution < 1.29 is 4.79 Å². The van der Waals surface area contributed by atoms with Crippen molar-refractivity contribution >= 4 is 16.8 Å². The highest BCUT2D eigenvalue weighted by Gasteiger charge is 2.16. The molecule has 124 valence electrons. The molecular formula is C19H17N5O. The smallest absolute Gasteiger partial charge is 0.272 e. The maximum atomic E-state index is 12.6. The van der Waals surface area contributed by atoms with Crippen LogP contribution in [-0.2, 0) is 0 Å². The molecule has 2 N–H and O–H groups in total. The van der Waals surface area contributed by atoms with Crippen molar-refractivity contribution in [2.75, 3.05) is 0 Å². The number of para-hydroxylation sites is 1. The van der Waals surface area contributed by atoms with Crippen LogP contribution in [0.15, 0.2) is 67.3 Å². The van der Waals surface area contributed by atoms with Gasteiger partial charge in [0.05, 0.1) is 17.9 Å². The van der Waals surface area contributed by atoms with Gasteiger partial charge in [-0.15, -0.1) is 0 Å². The van der Waals surface area contributed by atoms with E-state index in [1.54, 1.807) is 12.5 Å². The second kappa shape index (κ2) is 6.24. The number of rotatable bonds is 4. The van der Waals surface area contributed by atoms with Crippen LogP contribution >= 0.6 is 0 Å². The van der Waals surface area contributed by atoms with Gasteiger partial charge in [-0.05, 0) is 30.7 Å². The van der Waals surface area contributed by atoms with E-state index in [-0.39, 0.29) is 11.9 Å². The fourth-order valence-electron chi connectivity index (χ4n) is 2.83. The fraction of sp³-hybridized carbons (Fsp3) is 0.105. The molecule has 0 radical (unpaired) electrons. The van der Waals surface area contributed by atoms with Gasteiger partial charge in [0, 0.05) is 23.5 Å². The van der Waals surface area contributed by atoms with E-state index in [2.05, 4.69) is 20.5 Å². The molecule has 25 heavy (non-hydrogen) atoms. The summed E-state index contributed by atoms with van der Waals surface area (Å²) in [5, 5.41) is 10.9. The Bertz CT molecular complexity index is 1000. The zero-order valence-corrected chi connectivity index (χ0v) is 13.7. The number of H-pyrrole nitrogens is 1. The lowest BCUT2D eigenvalue weighted by Crippen LogP contribution is -2.27. The second-order valence-electron chi connectivity index (χ2n) is 5.87. The molecule has 2 aromatic heterocycles. The molecule has 2 heterocycles. The summed E-state index contributed by atoms with van der Waals surface area (Å²) in [6, 6.07) is 15.5. The summed E-state index contributed by atoms with van der Waals surface area (Å²) in [5.74, 6) is -0.191. The number of aromatic nitrogens is 4. The van der Waals surface area contributed by atoms with E-state index < -0.39 is 0 Å². The van der Waals surface area contributed by atoms with Crippen LogP contribution in [0.25, 0.3) is 16.6 Å². The molecule has 0 aliphatic heterocycles. The number of nitrogens with zero attached hydrogens (tertiary/aromatic N) is 3. The van der Waals surface area contributed by atoms with E-state index >= 15 is 0 Å². The predicted octanol–water partition coefficient (Wildman–Crippen LogP) is 3.24. The Kier molecular flexibility index (Phi) is 3.78. The Labute approximate surface area is 144 Å². The van der Waals surface area contributed by atoms with Crippen LogP contribution < -0.4 is 5.32 Å².